The van der Waals surface area contributed by atoms with Gasteiger partial charge >= 0.3 is 120 Å². The molecule has 0 saturated carbocycles. The molecule has 0 aromatic heterocycles. The molecule has 0 bridgehead atoms. The molecule has 0 saturated heterocycles. The van der Waals surface area contributed by atoms with Crippen LogP contribution < -0.4 is 6.14 Å². The summed E-state index contributed by atoms with van der Waals surface area (Å²) in [5.41, 5.74) is 0. The van der Waals surface area contributed by atoms with Crippen LogP contribution >= 0.6 is 31.9 Å². The molecule has 2 aromatic carbocycles. The predicted octanol–water partition coefficient (Wildman–Crippen LogP) is 3.24. The maximum absolute atomic E-state index is 3.46. The molecule has 2 aromatic rings. The first-order valence-corrected chi connectivity index (χ1v) is 11.8. The van der Waals surface area contributed by atoms with Crippen molar-refractivity contribution in [1.29, 1.82) is 0 Å². The zero-order valence-corrected chi connectivity index (χ0v) is 16.8. The van der Waals surface area contributed by atoms with Gasteiger partial charge in [-0.3, -0.25) is 0 Å². The van der Waals surface area contributed by atoms with Gasteiger partial charge in [0, 0.05) is 0 Å². The molecule has 0 amide bonds. The molecule has 0 nitrogen and oxygen atoms in total. The number of halogens is 2. The van der Waals surface area contributed by atoms with Crippen molar-refractivity contribution in [3.8, 4) is 0 Å². The Morgan fingerprint density at radius 1 is 0.600 bits per heavy atom. The fourth-order valence-electron chi connectivity index (χ4n) is 1.44. The summed E-state index contributed by atoms with van der Waals surface area (Å²) < 4.78 is 5.44. The second kappa shape index (κ2) is 5.60. The van der Waals surface area contributed by atoms with Crippen molar-refractivity contribution in [3.63, 3.8) is 0 Å². The number of benzene rings is 2. The molecule has 0 atom stereocenters. The molecule has 0 radical (unpaired) electrons. The van der Waals surface area contributed by atoms with Crippen LogP contribution in [0, 0.1) is 0 Å². The van der Waals surface area contributed by atoms with Gasteiger partial charge < -0.3 is 0 Å². The van der Waals surface area contributed by atoms with E-state index >= 15 is 0 Å². The summed E-state index contributed by atoms with van der Waals surface area (Å²) in [4.78, 5) is 0. The van der Waals surface area contributed by atoms with Gasteiger partial charge in [0.25, 0.3) is 0 Å². The van der Waals surface area contributed by atoms with Gasteiger partial charge in [0.15, 0.2) is 0 Å². The summed E-state index contributed by atoms with van der Waals surface area (Å²) in [5, 5.41) is 0. The molecule has 0 N–H and O–H groups in total. The van der Waals surface area contributed by atoms with E-state index in [1.807, 2.05) is 0 Å². The molecule has 0 spiro atoms. The van der Waals surface area contributed by atoms with Crippen LogP contribution in [-0.2, 0) is 24.6 Å². The van der Waals surface area contributed by atoms with Crippen LogP contribution in [0.25, 0.3) is 0 Å². The monoisotopic (exact) mass is 512 g/mol. The van der Waals surface area contributed by atoms with Crippen LogP contribution in [0.4, 0.5) is 0 Å². The van der Waals surface area contributed by atoms with Crippen molar-refractivity contribution < 1.29 is 24.6 Å². The molecule has 0 heterocycles. The van der Waals surface area contributed by atoms with Gasteiger partial charge in [-0.15, -0.1) is 0 Å². The van der Waals surface area contributed by atoms with E-state index in [1.54, 1.807) is 6.14 Å². The van der Waals surface area contributed by atoms with Crippen LogP contribution in [0.1, 0.15) is 0 Å². The average molecular weight is 513 g/mol. The summed E-state index contributed by atoms with van der Waals surface area (Å²) in [6.07, 6.45) is 0. The summed E-state index contributed by atoms with van der Waals surface area (Å²) in [7, 11) is 0. The third-order valence-electron chi connectivity index (χ3n) is 2.23. The Balaban J connectivity index is 2.15. The molecule has 0 unspecified atom stereocenters. The summed E-state index contributed by atoms with van der Waals surface area (Å²) >= 11 is 5.83. The van der Waals surface area contributed by atoms with E-state index in [0.717, 1.165) is 8.95 Å². The van der Waals surface area contributed by atoms with Gasteiger partial charge in [-0.1, -0.05) is 0 Å². The van der Waals surface area contributed by atoms with E-state index in [2.05, 4.69) is 80.4 Å². The molecule has 0 aliphatic heterocycles. The maximum atomic E-state index is 3.46. The van der Waals surface area contributed by atoms with Crippen molar-refractivity contribution >= 4 is 38.0 Å². The van der Waals surface area contributed by atoms with Gasteiger partial charge in [0.1, 0.15) is 0 Å². The second-order valence-corrected chi connectivity index (χ2v) is 13.0. The fourth-order valence-corrected chi connectivity index (χ4v) is 7.47. The molecular weight excluding hydrogens is 505 g/mol. The van der Waals surface area contributed by atoms with Gasteiger partial charge in [0.05, 0.1) is 0 Å². The van der Waals surface area contributed by atoms with Gasteiger partial charge in [-0.25, -0.2) is 0 Å². The van der Waals surface area contributed by atoms with Crippen LogP contribution in [0.5, 0.6) is 0 Å². The normalized spacial score (nSPS) is 9.73. The van der Waals surface area contributed by atoms with Gasteiger partial charge in [0.2, 0.25) is 0 Å². The molecule has 3 heteroatoms. The third kappa shape index (κ3) is 3.68. The summed E-state index contributed by atoms with van der Waals surface area (Å²) in [6, 6.07) is 17.5. The quantitative estimate of drug-likeness (QED) is 0.543. The Morgan fingerprint density at radius 2 is 0.933 bits per heavy atom. The van der Waals surface area contributed by atoms with Crippen molar-refractivity contribution in [3.05, 3.63) is 57.5 Å². The SMILES string of the molecule is Brc1cc[c]([Hg][c]2ccc(Br)cc2)cc1. The Bertz CT molecular complexity index is 391. The standard InChI is InChI=1S/2C6H4Br.Hg/c2*7-6-4-2-1-3-5-6;/h2*2-5H;. The first-order valence-electron chi connectivity index (χ1n) is 4.73. The average Bonchev–Trinajstić information content (AvgIpc) is 2.25. The number of hydrogen-bond donors (Lipinski definition) is 0. The van der Waals surface area contributed by atoms with Crippen LogP contribution in [0.2, 0.25) is 0 Å². The topological polar surface area (TPSA) is 0 Å². The molecule has 72 valence electrons. The molecule has 0 aliphatic carbocycles. The van der Waals surface area contributed by atoms with E-state index in [9.17, 15) is 0 Å². The summed E-state index contributed by atoms with van der Waals surface area (Å²) in [6.45, 7) is 0. The minimum atomic E-state index is -1.08. The Morgan fingerprint density at radius 3 is 1.27 bits per heavy atom. The fraction of sp³-hybridized carbons (Fsp3) is 0. The van der Waals surface area contributed by atoms with Gasteiger partial charge in [-0.05, 0) is 0 Å². The van der Waals surface area contributed by atoms with Crippen LogP contribution in [0.15, 0.2) is 57.5 Å². The summed E-state index contributed by atoms with van der Waals surface area (Å²) in [5.74, 6) is 0. The molecule has 15 heavy (non-hydrogen) atoms. The van der Waals surface area contributed by atoms with E-state index in [0.29, 0.717) is 0 Å². The van der Waals surface area contributed by atoms with Crippen molar-refractivity contribution in [2.75, 3.05) is 0 Å². The van der Waals surface area contributed by atoms with Crippen molar-refractivity contribution in [2.24, 2.45) is 0 Å². The van der Waals surface area contributed by atoms with E-state index in [4.69, 9.17) is 0 Å². The Labute approximate surface area is 119 Å². The Kier molecular flexibility index (Phi) is 4.41. The zero-order chi connectivity index (χ0) is 10.7. The second-order valence-electron chi connectivity index (χ2n) is 3.43. The molecule has 0 aliphatic rings. The van der Waals surface area contributed by atoms with Crippen LogP contribution in [-0.4, -0.2) is 0 Å². The molecular formula is C12H8Br2Hg. The first kappa shape index (κ1) is 11.8. The molecule has 2 rings (SSSR count). The Hall–Kier alpha value is 0.335. The van der Waals surface area contributed by atoms with Crippen molar-refractivity contribution in [1.82, 2.24) is 0 Å². The number of rotatable bonds is 2. The minimum absolute atomic E-state index is 1.08. The van der Waals surface area contributed by atoms with E-state index < -0.39 is 24.6 Å². The van der Waals surface area contributed by atoms with Crippen LogP contribution in [0.3, 0.4) is 0 Å². The van der Waals surface area contributed by atoms with E-state index in [-0.39, 0.29) is 0 Å². The van der Waals surface area contributed by atoms with Crippen molar-refractivity contribution in [2.45, 2.75) is 0 Å². The van der Waals surface area contributed by atoms with E-state index in [1.165, 1.54) is 0 Å². The third-order valence-corrected chi connectivity index (χ3v) is 10.1. The zero-order valence-electron chi connectivity index (χ0n) is 8.08. The van der Waals surface area contributed by atoms with Gasteiger partial charge in [-0.2, -0.15) is 0 Å². The molecule has 0 fully saturated rings. The first-order chi connectivity index (χ1) is 7.24. The number of hydrogen-bond acceptors (Lipinski definition) is 0. The predicted molar refractivity (Wildman–Crippen MR) is 67.6 cm³/mol.